The maximum Gasteiger partial charge on any atom is 0.234 e. The molecule has 86 valence electrons. The number of hydrogen-bond acceptors (Lipinski definition) is 3. The number of halogens is 1. The lowest BCUT2D eigenvalue weighted by Crippen LogP contribution is -2.41. The van der Waals surface area contributed by atoms with Gasteiger partial charge in [0.1, 0.15) is 0 Å². The lowest BCUT2D eigenvalue weighted by molar-refractivity contribution is 0.309. The first-order chi connectivity index (χ1) is 5.96. The lowest BCUT2D eigenvalue weighted by Gasteiger charge is -2.35. The average molecular weight is 259 g/mol. The smallest absolute Gasteiger partial charge is 0.234 e. The molecule has 0 heterocycles. The standard InChI is InChI=1S/C8H19ClO3SSi/c1-8(2,3)14(4,5)12-6-7-13(9,10)11/h6-7H2,1-5H3. The molecular formula is C8H19ClO3SSi. The molecule has 6 heteroatoms. The molecule has 0 aliphatic heterocycles. The van der Waals surface area contributed by atoms with Crippen LogP contribution in [-0.4, -0.2) is 29.1 Å². The molecule has 0 aliphatic carbocycles. The van der Waals surface area contributed by atoms with Crippen molar-refractivity contribution in [1.82, 2.24) is 0 Å². The average Bonchev–Trinajstić information content (AvgIpc) is 1.80. The Balaban J connectivity index is 4.15. The summed E-state index contributed by atoms with van der Waals surface area (Å²) in [4.78, 5) is 0. The van der Waals surface area contributed by atoms with E-state index >= 15 is 0 Å². The summed E-state index contributed by atoms with van der Waals surface area (Å²) in [5.74, 6) is -0.110. The largest absolute Gasteiger partial charge is 0.416 e. The summed E-state index contributed by atoms with van der Waals surface area (Å²) in [5, 5.41) is 0.100. The zero-order valence-electron chi connectivity index (χ0n) is 9.43. The van der Waals surface area contributed by atoms with Gasteiger partial charge in [0.2, 0.25) is 9.05 Å². The second kappa shape index (κ2) is 4.51. The predicted molar refractivity (Wildman–Crippen MR) is 62.8 cm³/mol. The van der Waals surface area contributed by atoms with E-state index in [4.69, 9.17) is 15.1 Å². The minimum Gasteiger partial charge on any atom is -0.416 e. The second-order valence-corrected chi connectivity index (χ2v) is 12.6. The quantitative estimate of drug-likeness (QED) is 0.575. The van der Waals surface area contributed by atoms with Gasteiger partial charge in [-0.05, 0) is 18.1 Å². The Hall–Kier alpha value is 0.417. The summed E-state index contributed by atoms with van der Waals surface area (Å²) in [6.07, 6.45) is 0. The van der Waals surface area contributed by atoms with Crippen LogP contribution in [0, 0.1) is 0 Å². The fourth-order valence-electron chi connectivity index (χ4n) is 0.613. The van der Waals surface area contributed by atoms with E-state index in [1.54, 1.807) is 0 Å². The van der Waals surface area contributed by atoms with Gasteiger partial charge in [-0.25, -0.2) is 8.42 Å². The Morgan fingerprint density at radius 3 is 2.00 bits per heavy atom. The molecule has 0 radical (unpaired) electrons. The molecule has 0 fully saturated rings. The number of hydrogen-bond donors (Lipinski definition) is 0. The first-order valence-electron chi connectivity index (χ1n) is 4.52. The second-order valence-electron chi connectivity index (χ2n) is 4.85. The molecule has 0 rings (SSSR count). The van der Waals surface area contributed by atoms with Gasteiger partial charge < -0.3 is 4.43 Å². The van der Waals surface area contributed by atoms with Crippen molar-refractivity contribution in [2.75, 3.05) is 12.4 Å². The van der Waals surface area contributed by atoms with E-state index < -0.39 is 17.4 Å². The summed E-state index contributed by atoms with van der Waals surface area (Å²) >= 11 is 0. The molecule has 0 bridgehead atoms. The molecule has 0 aromatic rings. The summed E-state index contributed by atoms with van der Waals surface area (Å²) < 4.78 is 27.0. The zero-order valence-corrected chi connectivity index (χ0v) is 12.0. The Labute approximate surface area is 92.3 Å². The van der Waals surface area contributed by atoms with Gasteiger partial charge in [-0.2, -0.15) is 0 Å². The molecule has 0 unspecified atom stereocenters. The molecule has 0 aromatic heterocycles. The van der Waals surface area contributed by atoms with E-state index in [-0.39, 0.29) is 17.4 Å². The van der Waals surface area contributed by atoms with Crippen LogP contribution in [0.4, 0.5) is 0 Å². The van der Waals surface area contributed by atoms with Crippen LogP contribution in [0.3, 0.4) is 0 Å². The molecule has 0 N–H and O–H groups in total. The normalized spacial score (nSPS) is 14.4. The molecule has 0 saturated heterocycles. The highest BCUT2D eigenvalue weighted by molar-refractivity contribution is 8.13. The van der Waals surface area contributed by atoms with E-state index in [0.717, 1.165) is 0 Å². The summed E-state index contributed by atoms with van der Waals surface area (Å²) in [6.45, 7) is 10.7. The van der Waals surface area contributed by atoms with Crippen LogP contribution in [0.15, 0.2) is 0 Å². The van der Waals surface area contributed by atoms with Gasteiger partial charge in [-0.15, -0.1) is 0 Å². The van der Waals surface area contributed by atoms with Crippen LogP contribution in [0.2, 0.25) is 18.1 Å². The Kier molecular flexibility index (Phi) is 4.64. The van der Waals surface area contributed by atoms with Gasteiger partial charge >= 0.3 is 0 Å². The van der Waals surface area contributed by atoms with Crippen LogP contribution in [0.5, 0.6) is 0 Å². The first-order valence-corrected chi connectivity index (χ1v) is 9.91. The molecule has 0 aliphatic rings. The van der Waals surface area contributed by atoms with Crippen LogP contribution in [0.25, 0.3) is 0 Å². The van der Waals surface area contributed by atoms with Crippen molar-refractivity contribution in [3.8, 4) is 0 Å². The summed E-state index contributed by atoms with van der Waals surface area (Å²) in [5.41, 5.74) is 0. The van der Waals surface area contributed by atoms with Crippen LogP contribution < -0.4 is 0 Å². The SMILES string of the molecule is CC(C)(C)[Si](C)(C)OCCS(=O)(=O)Cl. The zero-order chi connectivity index (χ0) is 11.6. The topological polar surface area (TPSA) is 43.4 Å². The van der Waals surface area contributed by atoms with Gasteiger partial charge in [-0.3, -0.25) is 0 Å². The fourth-order valence-corrected chi connectivity index (χ4v) is 2.28. The van der Waals surface area contributed by atoms with Crippen LogP contribution >= 0.6 is 10.7 Å². The lowest BCUT2D eigenvalue weighted by atomic mass is 10.2. The molecule has 0 atom stereocenters. The van der Waals surface area contributed by atoms with E-state index in [1.807, 2.05) is 0 Å². The van der Waals surface area contributed by atoms with Crippen molar-refractivity contribution >= 4 is 28.1 Å². The Morgan fingerprint density at radius 1 is 1.29 bits per heavy atom. The number of rotatable bonds is 4. The van der Waals surface area contributed by atoms with E-state index in [9.17, 15) is 8.42 Å². The minimum atomic E-state index is -3.42. The molecule has 3 nitrogen and oxygen atoms in total. The monoisotopic (exact) mass is 258 g/mol. The summed E-state index contributed by atoms with van der Waals surface area (Å²) in [7, 11) is -0.166. The fraction of sp³-hybridized carbons (Fsp3) is 1.00. The van der Waals surface area contributed by atoms with Gasteiger partial charge in [0.05, 0.1) is 5.75 Å². The van der Waals surface area contributed by atoms with Gasteiger partial charge in [0, 0.05) is 17.3 Å². The van der Waals surface area contributed by atoms with Crippen molar-refractivity contribution < 1.29 is 12.8 Å². The maximum atomic E-state index is 10.7. The highest BCUT2D eigenvalue weighted by atomic mass is 35.7. The van der Waals surface area contributed by atoms with Crippen LogP contribution in [-0.2, 0) is 13.5 Å². The maximum absolute atomic E-state index is 10.7. The van der Waals surface area contributed by atoms with Crippen molar-refractivity contribution in [3.63, 3.8) is 0 Å². The van der Waals surface area contributed by atoms with Crippen molar-refractivity contribution in [3.05, 3.63) is 0 Å². The Morgan fingerprint density at radius 2 is 1.71 bits per heavy atom. The molecular weight excluding hydrogens is 240 g/mol. The van der Waals surface area contributed by atoms with E-state index in [2.05, 4.69) is 33.9 Å². The Bertz CT molecular complexity index is 279. The van der Waals surface area contributed by atoms with Gasteiger partial charge in [0.15, 0.2) is 8.32 Å². The third kappa shape index (κ3) is 5.34. The highest BCUT2D eigenvalue weighted by Gasteiger charge is 2.37. The molecule has 14 heavy (non-hydrogen) atoms. The molecule has 0 saturated carbocycles. The predicted octanol–water partition coefficient (Wildman–Crippen LogP) is 2.58. The molecule has 0 amide bonds. The highest BCUT2D eigenvalue weighted by Crippen LogP contribution is 2.36. The van der Waals surface area contributed by atoms with Crippen molar-refractivity contribution in [2.45, 2.75) is 38.9 Å². The molecule has 0 spiro atoms. The van der Waals surface area contributed by atoms with Crippen molar-refractivity contribution in [1.29, 1.82) is 0 Å². The minimum absolute atomic E-state index is 0.100. The van der Waals surface area contributed by atoms with Gasteiger partial charge in [0.25, 0.3) is 0 Å². The summed E-state index contributed by atoms with van der Waals surface area (Å²) in [6, 6.07) is 0. The van der Waals surface area contributed by atoms with E-state index in [1.165, 1.54) is 0 Å². The van der Waals surface area contributed by atoms with E-state index in [0.29, 0.717) is 0 Å². The third-order valence-electron chi connectivity index (χ3n) is 2.60. The van der Waals surface area contributed by atoms with Crippen molar-refractivity contribution in [2.24, 2.45) is 0 Å². The molecule has 0 aromatic carbocycles. The third-order valence-corrected chi connectivity index (χ3v) is 8.25. The first kappa shape index (κ1) is 14.4. The van der Waals surface area contributed by atoms with Crippen LogP contribution in [0.1, 0.15) is 20.8 Å². The van der Waals surface area contributed by atoms with Gasteiger partial charge in [-0.1, -0.05) is 20.8 Å².